The number of nitrogens with one attached hydrogen (secondary N) is 1. The van der Waals surface area contributed by atoms with Crippen LogP contribution in [0.25, 0.3) is 0 Å². The number of thiophene rings is 1. The van der Waals surface area contributed by atoms with Crippen LogP contribution in [0.2, 0.25) is 0 Å². The summed E-state index contributed by atoms with van der Waals surface area (Å²) < 4.78 is 0. The van der Waals surface area contributed by atoms with Crippen molar-refractivity contribution in [2.24, 2.45) is 0 Å². The average Bonchev–Trinajstić information content (AvgIpc) is 2.69. The predicted molar refractivity (Wildman–Crippen MR) is 67.1 cm³/mol. The van der Waals surface area contributed by atoms with E-state index in [2.05, 4.69) is 5.32 Å². The number of carboxylic acids is 1. The van der Waals surface area contributed by atoms with E-state index in [1.807, 2.05) is 24.4 Å². The van der Waals surface area contributed by atoms with Gasteiger partial charge in [0.2, 0.25) is 5.91 Å². The van der Waals surface area contributed by atoms with E-state index >= 15 is 0 Å². The Morgan fingerprint density at radius 2 is 2.24 bits per heavy atom. The zero-order valence-corrected chi connectivity index (χ0v) is 10.6. The second-order valence-corrected chi connectivity index (χ2v) is 5.03. The molecule has 0 aromatic carbocycles. The molecule has 1 rings (SSSR count). The first-order valence-electron chi connectivity index (χ1n) is 5.61. The third-order valence-electron chi connectivity index (χ3n) is 2.29. The zero-order chi connectivity index (χ0) is 12.7. The Hall–Kier alpha value is -1.36. The normalized spacial score (nSPS) is 12.1. The lowest BCUT2D eigenvalue weighted by Crippen LogP contribution is -2.33. The fraction of sp³-hybridized carbons (Fsp3) is 0.500. The fourth-order valence-electron chi connectivity index (χ4n) is 1.53. The monoisotopic (exact) mass is 255 g/mol. The van der Waals surface area contributed by atoms with Gasteiger partial charge in [0, 0.05) is 30.2 Å². The second-order valence-electron chi connectivity index (χ2n) is 4.00. The van der Waals surface area contributed by atoms with E-state index in [0.717, 1.165) is 6.42 Å². The van der Waals surface area contributed by atoms with Crippen molar-refractivity contribution in [1.29, 1.82) is 0 Å². The number of carbonyl (C=O) groups excluding carboxylic acids is 1. The van der Waals surface area contributed by atoms with Gasteiger partial charge in [-0.3, -0.25) is 9.59 Å². The highest BCUT2D eigenvalue weighted by Crippen LogP contribution is 2.11. The second kappa shape index (κ2) is 7.06. The highest BCUT2D eigenvalue weighted by molar-refractivity contribution is 7.09. The first-order valence-corrected chi connectivity index (χ1v) is 6.49. The van der Waals surface area contributed by atoms with Gasteiger partial charge in [-0.1, -0.05) is 6.07 Å². The molecule has 0 radical (unpaired) electrons. The van der Waals surface area contributed by atoms with Crippen molar-refractivity contribution in [2.45, 2.75) is 38.6 Å². The van der Waals surface area contributed by atoms with Crippen LogP contribution in [-0.2, 0) is 16.0 Å². The van der Waals surface area contributed by atoms with Gasteiger partial charge in [0.1, 0.15) is 0 Å². The summed E-state index contributed by atoms with van der Waals surface area (Å²) in [6.07, 6.45) is 1.54. The zero-order valence-electron chi connectivity index (χ0n) is 9.81. The number of aliphatic carboxylic acids is 1. The first kappa shape index (κ1) is 13.7. The van der Waals surface area contributed by atoms with E-state index in [1.54, 1.807) is 11.3 Å². The van der Waals surface area contributed by atoms with E-state index in [-0.39, 0.29) is 24.8 Å². The van der Waals surface area contributed by atoms with Crippen LogP contribution in [0.3, 0.4) is 0 Å². The quantitative estimate of drug-likeness (QED) is 0.783. The van der Waals surface area contributed by atoms with E-state index in [9.17, 15) is 9.59 Å². The molecule has 1 heterocycles. The average molecular weight is 255 g/mol. The molecule has 0 bridgehead atoms. The Kier molecular flexibility index (Phi) is 5.69. The van der Waals surface area contributed by atoms with Crippen LogP contribution in [0.5, 0.6) is 0 Å². The largest absolute Gasteiger partial charge is 0.481 e. The third-order valence-corrected chi connectivity index (χ3v) is 3.19. The van der Waals surface area contributed by atoms with Gasteiger partial charge in [-0.05, 0) is 24.8 Å². The molecule has 0 saturated carbocycles. The maximum absolute atomic E-state index is 11.5. The van der Waals surface area contributed by atoms with Gasteiger partial charge >= 0.3 is 5.97 Å². The van der Waals surface area contributed by atoms with E-state index in [1.165, 1.54) is 4.88 Å². The molecule has 5 heteroatoms. The summed E-state index contributed by atoms with van der Waals surface area (Å²) in [5, 5.41) is 13.3. The maximum atomic E-state index is 11.5. The van der Waals surface area contributed by atoms with Gasteiger partial charge in [0.25, 0.3) is 0 Å². The summed E-state index contributed by atoms with van der Waals surface area (Å²) in [5.41, 5.74) is 0. The molecular weight excluding hydrogens is 238 g/mol. The highest BCUT2D eigenvalue weighted by Gasteiger charge is 2.09. The maximum Gasteiger partial charge on any atom is 0.303 e. The van der Waals surface area contributed by atoms with Crippen molar-refractivity contribution in [3.63, 3.8) is 0 Å². The molecule has 1 atom stereocenters. The number of hydrogen-bond donors (Lipinski definition) is 2. The Balaban J connectivity index is 2.19. The van der Waals surface area contributed by atoms with Gasteiger partial charge in [0.15, 0.2) is 0 Å². The lowest BCUT2D eigenvalue weighted by atomic mass is 10.2. The predicted octanol–water partition coefficient (Wildman–Crippen LogP) is 2.05. The van der Waals surface area contributed by atoms with Gasteiger partial charge in [0.05, 0.1) is 0 Å². The van der Waals surface area contributed by atoms with Crippen molar-refractivity contribution >= 4 is 23.2 Å². The van der Waals surface area contributed by atoms with E-state index in [0.29, 0.717) is 6.42 Å². The van der Waals surface area contributed by atoms with Crippen LogP contribution in [0.4, 0.5) is 0 Å². The minimum atomic E-state index is -0.857. The van der Waals surface area contributed by atoms with Crippen LogP contribution < -0.4 is 5.32 Å². The molecule has 0 aliphatic heterocycles. The molecule has 1 unspecified atom stereocenters. The summed E-state index contributed by atoms with van der Waals surface area (Å²) in [7, 11) is 0. The van der Waals surface area contributed by atoms with Crippen LogP contribution in [0, 0.1) is 0 Å². The molecule has 17 heavy (non-hydrogen) atoms. The Labute approximate surface area is 105 Å². The Morgan fingerprint density at radius 3 is 2.82 bits per heavy atom. The molecule has 0 fully saturated rings. The molecule has 4 nitrogen and oxygen atoms in total. The van der Waals surface area contributed by atoms with Crippen molar-refractivity contribution in [3.05, 3.63) is 22.4 Å². The lowest BCUT2D eigenvalue weighted by molar-refractivity contribution is -0.137. The van der Waals surface area contributed by atoms with Crippen LogP contribution in [0.1, 0.15) is 31.1 Å². The lowest BCUT2D eigenvalue weighted by Gasteiger charge is -2.12. The topological polar surface area (TPSA) is 66.4 Å². The van der Waals surface area contributed by atoms with Crippen molar-refractivity contribution in [3.8, 4) is 0 Å². The van der Waals surface area contributed by atoms with Crippen molar-refractivity contribution < 1.29 is 14.7 Å². The number of amides is 1. The van der Waals surface area contributed by atoms with Crippen molar-refractivity contribution in [2.75, 3.05) is 0 Å². The minimum Gasteiger partial charge on any atom is -0.481 e. The Morgan fingerprint density at radius 1 is 1.47 bits per heavy atom. The highest BCUT2D eigenvalue weighted by atomic mass is 32.1. The summed E-state index contributed by atoms with van der Waals surface area (Å²) in [5.74, 6) is -0.931. The summed E-state index contributed by atoms with van der Waals surface area (Å²) in [6, 6.07) is 4.12. The SMILES string of the molecule is CC(Cc1cccs1)NC(=O)CCCC(=O)O. The molecular formula is C12H17NO3S. The third kappa shape index (κ3) is 6.06. The fourth-order valence-corrected chi connectivity index (χ4v) is 2.36. The van der Waals surface area contributed by atoms with Crippen LogP contribution >= 0.6 is 11.3 Å². The molecule has 94 valence electrons. The van der Waals surface area contributed by atoms with Gasteiger partial charge < -0.3 is 10.4 Å². The molecule has 1 aromatic rings. The summed E-state index contributed by atoms with van der Waals surface area (Å²) >= 11 is 1.67. The minimum absolute atomic E-state index is 0.0483. The molecule has 2 N–H and O–H groups in total. The smallest absolute Gasteiger partial charge is 0.303 e. The molecule has 0 spiro atoms. The van der Waals surface area contributed by atoms with Crippen molar-refractivity contribution in [1.82, 2.24) is 5.32 Å². The molecule has 0 saturated heterocycles. The Bertz CT molecular complexity index is 362. The van der Waals surface area contributed by atoms with Gasteiger partial charge in [-0.25, -0.2) is 0 Å². The van der Waals surface area contributed by atoms with Gasteiger partial charge in [-0.2, -0.15) is 0 Å². The number of hydrogen-bond acceptors (Lipinski definition) is 3. The number of carbonyl (C=O) groups is 2. The van der Waals surface area contributed by atoms with Gasteiger partial charge in [-0.15, -0.1) is 11.3 Å². The molecule has 0 aliphatic carbocycles. The van der Waals surface area contributed by atoms with E-state index < -0.39 is 5.97 Å². The summed E-state index contributed by atoms with van der Waals surface area (Å²) in [6.45, 7) is 1.95. The first-order chi connectivity index (χ1) is 8.08. The number of carboxylic acid groups (broad SMARTS) is 1. The summed E-state index contributed by atoms with van der Waals surface area (Å²) in [4.78, 5) is 23.0. The molecule has 0 aliphatic rings. The molecule has 1 aromatic heterocycles. The molecule has 1 amide bonds. The standard InChI is InChI=1S/C12H17NO3S/c1-9(8-10-4-3-7-17-10)13-11(14)5-2-6-12(15)16/h3-4,7,9H,2,5-6,8H2,1H3,(H,13,14)(H,15,16). The number of rotatable bonds is 7. The van der Waals surface area contributed by atoms with E-state index in [4.69, 9.17) is 5.11 Å². The van der Waals surface area contributed by atoms with Crippen LogP contribution in [-0.4, -0.2) is 23.0 Å². The van der Waals surface area contributed by atoms with Crippen LogP contribution in [0.15, 0.2) is 17.5 Å².